The maximum atomic E-state index is 9.39. The Morgan fingerprint density at radius 2 is 0.959 bits per heavy atom. The van der Waals surface area contributed by atoms with Crippen LogP contribution in [-0.4, -0.2) is 9.55 Å². The number of hydrogen-bond donors (Lipinski definition) is 0. The first-order chi connectivity index (χ1) is 27.6. The van der Waals surface area contributed by atoms with Crippen LogP contribution in [0.25, 0.3) is 82.8 Å². The number of hydrogen-bond acceptors (Lipinski definition) is 1. The van der Waals surface area contributed by atoms with Crippen molar-refractivity contribution in [1.82, 2.24) is 9.55 Å². The van der Waals surface area contributed by atoms with Crippen LogP contribution in [0.1, 0.15) is 23.7 Å². The Kier molecular flexibility index (Phi) is 5.32. The molecule has 0 bridgehead atoms. The van der Waals surface area contributed by atoms with Crippen LogP contribution in [0.2, 0.25) is 0 Å². The molecule has 0 fully saturated rings. The van der Waals surface area contributed by atoms with Gasteiger partial charge in [-0.2, -0.15) is 0 Å². The lowest BCUT2D eigenvalue weighted by molar-refractivity contribution is 0.908. The van der Waals surface area contributed by atoms with E-state index in [2.05, 4.69) is 23.6 Å². The van der Waals surface area contributed by atoms with Crippen molar-refractivity contribution in [2.45, 2.75) is 13.3 Å². The lowest BCUT2D eigenvalue weighted by Gasteiger charge is -2.18. The van der Waals surface area contributed by atoms with Crippen molar-refractivity contribution in [1.29, 1.82) is 0 Å². The third kappa shape index (κ3) is 5.01. The minimum absolute atomic E-state index is 0.182. The van der Waals surface area contributed by atoms with E-state index < -0.39 is 24.2 Å². The van der Waals surface area contributed by atoms with Crippen LogP contribution in [0, 0.1) is 0 Å². The zero-order valence-electron chi connectivity index (χ0n) is 34.7. The summed E-state index contributed by atoms with van der Waals surface area (Å²) < 4.78 is 74.9. The topological polar surface area (TPSA) is 17.8 Å². The first-order valence-electron chi connectivity index (χ1n) is 20.4. The van der Waals surface area contributed by atoms with Gasteiger partial charge in [-0.3, -0.25) is 4.57 Å². The van der Waals surface area contributed by atoms with Crippen LogP contribution >= 0.6 is 0 Å². The fourth-order valence-corrected chi connectivity index (χ4v) is 6.97. The molecule has 232 valence electrons. The summed E-state index contributed by atoms with van der Waals surface area (Å²) in [5, 5.41) is 0.736. The van der Waals surface area contributed by atoms with Gasteiger partial charge >= 0.3 is 0 Å². The maximum absolute atomic E-state index is 9.39. The average Bonchev–Trinajstić information content (AvgIpc) is 3.64. The molecule has 0 aliphatic carbocycles. The lowest BCUT2D eigenvalue weighted by atomic mass is 9.85. The van der Waals surface area contributed by atoms with Crippen molar-refractivity contribution in [3.8, 4) is 50.2 Å². The first-order valence-corrected chi connectivity index (χ1v) is 16.4. The summed E-state index contributed by atoms with van der Waals surface area (Å²) in [6.07, 6.45) is 0.734. The van der Waals surface area contributed by atoms with Crippen molar-refractivity contribution >= 4 is 32.6 Å². The smallest absolute Gasteiger partial charge is 0.114 e. The molecule has 0 radical (unpaired) electrons. The Bertz CT molecular complexity index is 3020. The second-order valence-electron chi connectivity index (χ2n) is 12.0. The summed E-state index contributed by atoms with van der Waals surface area (Å²) in [4.78, 5) is 4.87. The number of para-hydroxylation sites is 2. The molecule has 8 aromatic carbocycles. The molecular formula is C47H34N2. The van der Waals surface area contributed by atoms with E-state index in [0.29, 0.717) is 22.3 Å². The Balaban J connectivity index is 1.36. The van der Waals surface area contributed by atoms with Gasteiger partial charge in [0.05, 0.1) is 22.0 Å². The molecule has 0 atom stereocenters. The number of nitrogens with zero attached hydrogens (tertiary/aromatic N) is 2. The average molecular weight is 635 g/mol. The third-order valence-corrected chi connectivity index (χ3v) is 9.17. The van der Waals surface area contributed by atoms with E-state index >= 15 is 0 Å². The van der Waals surface area contributed by atoms with Crippen LogP contribution in [0.15, 0.2) is 176 Å². The zero-order valence-corrected chi connectivity index (χ0v) is 26.7. The molecule has 9 rings (SSSR count). The van der Waals surface area contributed by atoms with Gasteiger partial charge in [0, 0.05) is 12.1 Å². The number of aryl methyl sites for hydroxylation is 1. The zero-order chi connectivity index (χ0) is 39.7. The molecule has 0 saturated heterocycles. The van der Waals surface area contributed by atoms with Gasteiger partial charge in [-0.1, -0.05) is 146 Å². The van der Waals surface area contributed by atoms with Crippen molar-refractivity contribution in [3.63, 3.8) is 0 Å². The standard InChI is InChI=1S/C47H34N2/c1-2-45-48-43-27-10-11-28-44(43)49(45)38-22-14-19-35(31-38)34-18-13-21-37(30-34)47-41-25-8-6-23-39(41)46(40-24-7-9-26-42(40)47)36-20-12-17-33(29-36)32-15-4-3-5-16-32/h3-31H,2H2,1H3/i6D,7D,8D,9D,23D,24D,25D,26D. The Morgan fingerprint density at radius 3 is 1.55 bits per heavy atom. The van der Waals surface area contributed by atoms with Crippen LogP contribution in [0.4, 0.5) is 0 Å². The maximum Gasteiger partial charge on any atom is 0.114 e. The van der Waals surface area contributed by atoms with Gasteiger partial charge in [0.15, 0.2) is 0 Å². The molecule has 49 heavy (non-hydrogen) atoms. The van der Waals surface area contributed by atoms with Crippen LogP contribution in [0.5, 0.6) is 0 Å². The Hall–Kier alpha value is -6.25. The van der Waals surface area contributed by atoms with Crippen LogP contribution in [-0.2, 0) is 6.42 Å². The molecule has 0 amide bonds. The summed E-state index contributed by atoms with van der Waals surface area (Å²) in [6.45, 7) is 2.08. The molecule has 2 heteroatoms. The second kappa shape index (κ2) is 12.1. The van der Waals surface area contributed by atoms with E-state index in [0.717, 1.165) is 51.2 Å². The van der Waals surface area contributed by atoms with Crippen LogP contribution < -0.4 is 0 Å². The second-order valence-corrected chi connectivity index (χ2v) is 12.0. The highest BCUT2D eigenvalue weighted by Gasteiger charge is 2.18. The fourth-order valence-electron chi connectivity index (χ4n) is 6.97. The molecular weight excluding hydrogens is 593 g/mol. The van der Waals surface area contributed by atoms with E-state index in [4.69, 9.17) is 10.5 Å². The van der Waals surface area contributed by atoms with Gasteiger partial charge in [-0.15, -0.1) is 0 Å². The molecule has 0 spiro atoms. The SMILES string of the molecule is [2H]c1c([2H])c([2H])c2c(-c3cccc(-c4cccc(-n5c(CC)nc6ccccc65)c4)c3)c3c([2H])c([2H])c([2H])c([2H])c3c(-c3cccc(-c4ccccc4)c3)c2c1[2H]. The molecule has 1 aromatic heterocycles. The van der Waals surface area contributed by atoms with E-state index in [1.807, 2.05) is 115 Å². The highest BCUT2D eigenvalue weighted by Crippen LogP contribution is 2.44. The van der Waals surface area contributed by atoms with Gasteiger partial charge in [0.1, 0.15) is 5.82 Å². The minimum atomic E-state index is -0.430. The van der Waals surface area contributed by atoms with Gasteiger partial charge in [0.2, 0.25) is 0 Å². The molecule has 0 N–H and O–H groups in total. The summed E-state index contributed by atoms with van der Waals surface area (Å²) in [5.74, 6) is 0.928. The van der Waals surface area contributed by atoms with Crippen molar-refractivity contribution in [2.75, 3.05) is 0 Å². The molecule has 0 unspecified atom stereocenters. The lowest BCUT2D eigenvalue weighted by Crippen LogP contribution is -2.00. The molecule has 1 heterocycles. The van der Waals surface area contributed by atoms with Gasteiger partial charge < -0.3 is 0 Å². The number of fused-ring (bicyclic) bond motifs is 3. The minimum Gasteiger partial charge on any atom is -0.296 e. The van der Waals surface area contributed by atoms with E-state index in [-0.39, 0.29) is 45.7 Å². The van der Waals surface area contributed by atoms with E-state index in [1.165, 1.54) is 0 Å². The van der Waals surface area contributed by atoms with Gasteiger partial charge in [-0.05, 0) is 102 Å². The molecule has 0 saturated carbocycles. The predicted molar refractivity (Wildman–Crippen MR) is 207 cm³/mol. The summed E-state index contributed by atoms with van der Waals surface area (Å²) in [5.41, 5.74) is 8.08. The van der Waals surface area contributed by atoms with Gasteiger partial charge in [-0.25, -0.2) is 4.98 Å². The molecule has 2 nitrogen and oxygen atoms in total. The normalized spacial score (nSPS) is 13.7. The first kappa shape index (κ1) is 21.6. The predicted octanol–water partition coefficient (Wildman–Crippen LogP) is 12.6. The summed E-state index contributed by atoms with van der Waals surface area (Å²) in [7, 11) is 0. The molecule has 0 aliphatic rings. The van der Waals surface area contributed by atoms with Gasteiger partial charge in [0.25, 0.3) is 0 Å². The Morgan fingerprint density at radius 1 is 0.490 bits per heavy atom. The molecule has 9 aromatic rings. The fraction of sp³-hybridized carbons (Fsp3) is 0.0426. The monoisotopic (exact) mass is 634 g/mol. The van der Waals surface area contributed by atoms with Crippen molar-refractivity contribution < 1.29 is 11.0 Å². The highest BCUT2D eigenvalue weighted by atomic mass is 15.1. The van der Waals surface area contributed by atoms with Crippen molar-refractivity contribution in [2.24, 2.45) is 0 Å². The van der Waals surface area contributed by atoms with E-state index in [9.17, 15) is 5.48 Å². The number of rotatable bonds is 6. The van der Waals surface area contributed by atoms with Crippen LogP contribution in [0.3, 0.4) is 0 Å². The summed E-state index contributed by atoms with van der Waals surface area (Å²) in [6, 6.07) is 38.1. The van der Waals surface area contributed by atoms with E-state index in [1.54, 1.807) is 0 Å². The third-order valence-electron chi connectivity index (χ3n) is 9.17. The summed E-state index contributed by atoms with van der Waals surface area (Å²) >= 11 is 0. The highest BCUT2D eigenvalue weighted by molar-refractivity contribution is 6.21. The quantitative estimate of drug-likeness (QED) is 0.166. The number of aromatic nitrogens is 2. The van der Waals surface area contributed by atoms with Crippen molar-refractivity contribution in [3.05, 3.63) is 182 Å². The number of imidazole rings is 1. The Labute approximate surface area is 297 Å². The number of benzene rings is 8. The molecule has 0 aliphatic heterocycles. The largest absolute Gasteiger partial charge is 0.296 e.